The largest absolute Gasteiger partial charge is 0.379 e. The van der Waals surface area contributed by atoms with Crippen molar-refractivity contribution in [3.05, 3.63) is 46.9 Å². The molecule has 2 saturated heterocycles. The van der Waals surface area contributed by atoms with Gasteiger partial charge in [-0.15, -0.1) is 22.7 Å². The molecule has 1 spiro atoms. The number of likely N-dealkylation sites (N-methyl/N-ethyl adjacent to an activating group) is 1. The van der Waals surface area contributed by atoms with Crippen molar-refractivity contribution in [1.29, 1.82) is 0 Å². The highest BCUT2D eigenvalue weighted by molar-refractivity contribution is 7.18. The van der Waals surface area contributed by atoms with Gasteiger partial charge in [-0.2, -0.15) is 0 Å². The van der Waals surface area contributed by atoms with Gasteiger partial charge in [0.25, 0.3) is 0 Å². The van der Waals surface area contributed by atoms with Gasteiger partial charge < -0.3 is 10.1 Å². The van der Waals surface area contributed by atoms with Crippen molar-refractivity contribution in [3.8, 4) is 0 Å². The number of benzene rings is 1. The molecule has 7 heteroatoms. The van der Waals surface area contributed by atoms with Crippen LogP contribution >= 0.6 is 22.7 Å². The highest BCUT2D eigenvalue weighted by Crippen LogP contribution is 2.49. The predicted octanol–water partition coefficient (Wildman–Crippen LogP) is 5.23. The molecule has 2 atom stereocenters. The fourth-order valence-corrected chi connectivity index (χ4v) is 6.89. The number of rotatable bonds is 3. The van der Waals surface area contributed by atoms with Crippen molar-refractivity contribution in [1.82, 2.24) is 14.9 Å². The summed E-state index contributed by atoms with van der Waals surface area (Å²) in [6, 6.07) is 10.8. The maximum absolute atomic E-state index is 5.84. The Bertz CT molecular complexity index is 1190. The van der Waals surface area contributed by atoms with E-state index in [1.165, 1.54) is 21.4 Å². The van der Waals surface area contributed by atoms with Crippen molar-refractivity contribution in [3.63, 3.8) is 0 Å². The first-order chi connectivity index (χ1) is 14.2. The van der Waals surface area contributed by atoms with Crippen molar-refractivity contribution in [2.24, 2.45) is 0 Å². The molecule has 6 rings (SSSR count). The van der Waals surface area contributed by atoms with Crippen LogP contribution in [-0.2, 0) is 4.74 Å². The first-order valence-electron chi connectivity index (χ1n) is 10.0. The van der Waals surface area contributed by atoms with Crippen LogP contribution in [0.1, 0.15) is 23.6 Å². The van der Waals surface area contributed by atoms with Crippen LogP contribution in [0.5, 0.6) is 0 Å². The second-order valence-corrected chi connectivity index (χ2v) is 10.0. The lowest BCUT2D eigenvalue weighted by molar-refractivity contribution is 0.111. The van der Waals surface area contributed by atoms with E-state index >= 15 is 0 Å². The van der Waals surface area contributed by atoms with E-state index in [2.05, 4.69) is 57.6 Å². The highest BCUT2D eigenvalue weighted by Gasteiger charge is 2.50. The Balaban J connectivity index is 1.38. The molecule has 148 valence electrons. The Labute approximate surface area is 177 Å². The summed E-state index contributed by atoms with van der Waals surface area (Å²) in [7, 11) is 2.25. The summed E-state index contributed by atoms with van der Waals surface area (Å²) in [5.41, 5.74) is 5.25. The number of nitrogens with one attached hydrogen (secondary N) is 1. The van der Waals surface area contributed by atoms with Gasteiger partial charge >= 0.3 is 0 Å². The minimum Gasteiger partial charge on any atom is -0.379 e. The zero-order valence-corrected chi connectivity index (χ0v) is 17.9. The third-order valence-corrected chi connectivity index (χ3v) is 8.57. The van der Waals surface area contributed by atoms with Gasteiger partial charge in [-0.3, -0.25) is 4.90 Å². The number of thiophene rings is 1. The van der Waals surface area contributed by atoms with E-state index in [1.54, 1.807) is 11.3 Å². The van der Waals surface area contributed by atoms with Gasteiger partial charge in [-0.1, -0.05) is 0 Å². The number of anilines is 2. The summed E-state index contributed by atoms with van der Waals surface area (Å²) in [5.74, 6) is 0.522. The molecule has 0 saturated carbocycles. The van der Waals surface area contributed by atoms with E-state index in [4.69, 9.17) is 4.74 Å². The van der Waals surface area contributed by atoms with Crippen LogP contribution < -0.4 is 5.32 Å². The lowest BCUT2D eigenvalue weighted by Crippen LogP contribution is -2.45. The van der Waals surface area contributed by atoms with Crippen LogP contribution in [0.25, 0.3) is 20.4 Å². The van der Waals surface area contributed by atoms with Crippen LogP contribution in [0.3, 0.4) is 0 Å². The number of hydrogen-bond acceptors (Lipinski definition) is 7. The molecule has 0 bridgehead atoms. The summed E-state index contributed by atoms with van der Waals surface area (Å²) in [4.78, 5) is 14.2. The minimum atomic E-state index is 0.157. The van der Waals surface area contributed by atoms with E-state index in [0.29, 0.717) is 5.92 Å². The Morgan fingerprint density at radius 1 is 1.24 bits per heavy atom. The van der Waals surface area contributed by atoms with Crippen LogP contribution in [0.15, 0.2) is 42.0 Å². The van der Waals surface area contributed by atoms with Gasteiger partial charge in [-0.05, 0) is 56.8 Å². The summed E-state index contributed by atoms with van der Waals surface area (Å²) in [6.07, 6.45) is 4.21. The average molecular weight is 423 g/mol. The Hall–Kier alpha value is -2.06. The summed E-state index contributed by atoms with van der Waals surface area (Å²) < 4.78 is 7.05. The minimum absolute atomic E-state index is 0.157. The number of thiazole rings is 1. The molecule has 2 aliphatic rings. The fraction of sp³-hybridized carbons (Fsp3) is 0.364. The summed E-state index contributed by atoms with van der Waals surface area (Å²) in [6.45, 7) is 2.85. The number of hydrogen-bond donors (Lipinski definition) is 1. The zero-order chi connectivity index (χ0) is 19.4. The molecule has 29 heavy (non-hydrogen) atoms. The molecule has 1 N–H and O–H groups in total. The molecule has 2 aliphatic heterocycles. The SMILES string of the molecule is CN1CCC(c2cc3c(Nc4ccc5scnc5c4)ccnc3s2)[C@@]12CCOC2. The summed E-state index contributed by atoms with van der Waals surface area (Å²) >= 11 is 3.51. The van der Waals surface area contributed by atoms with Crippen molar-refractivity contribution < 1.29 is 4.74 Å². The molecular weight excluding hydrogens is 400 g/mol. The molecule has 2 fully saturated rings. The molecule has 5 nitrogen and oxygen atoms in total. The molecule has 3 aromatic heterocycles. The number of ether oxygens (including phenoxy) is 1. The molecule has 5 heterocycles. The van der Waals surface area contributed by atoms with Crippen LogP contribution in [0.2, 0.25) is 0 Å². The van der Waals surface area contributed by atoms with E-state index in [1.807, 2.05) is 23.0 Å². The molecule has 1 unspecified atom stereocenters. The summed E-state index contributed by atoms with van der Waals surface area (Å²) in [5, 5.41) is 4.80. The normalized spacial score (nSPS) is 24.9. The lowest BCUT2D eigenvalue weighted by Gasteiger charge is -2.35. The van der Waals surface area contributed by atoms with E-state index in [-0.39, 0.29) is 5.54 Å². The van der Waals surface area contributed by atoms with Gasteiger partial charge in [0.2, 0.25) is 0 Å². The third kappa shape index (κ3) is 2.79. The second kappa shape index (κ2) is 6.74. The van der Waals surface area contributed by atoms with E-state index in [0.717, 1.165) is 47.9 Å². The van der Waals surface area contributed by atoms with Crippen LogP contribution in [0, 0.1) is 0 Å². The first-order valence-corrected chi connectivity index (χ1v) is 11.7. The van der Waals surface area contributed by atoms with E-state index < -0.39 is 0 Å². The molecule has 0 aliphatic carbocycles. The maximum atomic E-state index is 5.84. The zero-order valence-electron chi connectivity index (χ0n) is 16.2. The monoisotopic (exact) mass is 422 g/mol. The fourth-order valence-electron chi connectivity index (χ4n) is 4.96. The Morgan fingerprint density at radius 3 is 3.10 bits per heavy atom. The topological polar surface area (TPSA) is 50.3 Å². The number of pyridine rings is 1. The lowest BCUT2D eigenvalue weighted by atomic mass is 9.83. The predicted molar refractivity (Wildman–Crippen MR) is 121 cm³/mol. The van der Waals surface area contributed by atoms with Gasteiger partial charge in [0.15, 0.2) is 0 Å². The molecule has 1 aromatic carbocycles. The number of fused-ring (bicyclic) bond motifs is 2. The Kier molecular flexibility index (Phi) is 4.13. The highest BCUT2D eigenvalue weighted by atomic mass is 32.1. The van der Waals surface area contributed by atoms with Gasteiger partial charge in [0.05, 0.1) is 33.6 Å². The first kappa shape index (κ1) is 17.8. The quantitative estimate of drug-likeness (QED) is 0.490. The average Bonchev–Trinajstić information content (AvgIpc) is 3.50. The molecular formula is C22H22N4OS2. The van der Waals surface area contributed by atoms with Gasteiger partial charge in [0.1, 0.15) is 4.83 Å². The smallest absolute Gasteiger partial charge is 0.125 e. The van der Waals surface area contributed by atoms with Crippen molar-refractivity contribution in [2.75, 3.05) is 32.1 Å². The maximum Gasteiger partial charge on any atom is 0.125 e. The van der Waals surface area contributed by atoms with Gasteiger partial charge in [-0.25, -0.2) is 9.97 Å². The molecule has 0 radical (unpaired) electrons. The number of likely N-dealkylation sites (tertiary alicyclic amines) is 1. The van der Waals surface area contributed by atoms with Crippen LogP contribution in [-0.4, -0.2) is 47.2 Å². The number of nitrogens with zero attached hydrogens (tertiary/aromatic N) is 3. The van der Waals surface area contributed by atoms with Gasteiger partial charge in [0, 0.05) is 34.7 Å². The number of aromatic nitrogens is 2. The van der Waals surface area contributed by atoms with Crippen molar-refractivity contribution >= 4 is 54.5 Å². The second-order valence-electron chi connectivity index (χ2n) is 8.05. The third-order valence-electron chi connectivity index (χ3n) is 6.60. The molecule has 0 amide bonds. The Morgan fingerprint density at radius 2 is 2.21 bits per heavy atom. The van der Waals surface area contributed by atoms with Crippen molar-refractivity contribution in [2.45, 2.75) is 24.3 Å². The molecule has 4 aromatic rings. The standard InChI is InChI=1S/C22H22N4OS2/c1-26-8-5-16(22(26)6-9-27-12-22)20-11-15-17(4-7-23-21(15)29-20)25-14-2-3-19-18(10-14)24-13-28-19/h2-4,7,10-11,13,16H,5-6,8-9,12H2,1H3,(H,23,25)/t16?,22-/m0/s1. The van der Waals surface area contributed by atoms with E-state index in [9.17, 15) is 0 Å². The van der Waals surface area contributed by atoms with Crippen LogP contribution in [0.4, 0.5) is 11.4 Å².